The lowest BCUT2D eigenvalue weighted by atomic mass is 9.91. The Bertz CT molecular complexity index is 2020. The zero-order valence-corrected chi connectivity index (χ0v) is 29.2. The molecule has 5 rings (SSSR count). The molecule has 52 heavy (non-hydrogen) atoms. The summed E-state index contributed by atoms with van der Waals surface area (Å²) in [6, 6.07) is 25.9. The number of benzene rings is 4. The molecule has 1 aliphatic rings. The molecular weight excluding hydrogens is 666 g/mol. The fourth-order valence-corrected chi connectivity index (χ4v) is 5.55. The summed E-state index contributed by atoms with van der Waals surface area (Å²) in [4.78, 5) is 56.1. The Hall–Kier alpha value is -6.23. The third-order valence-corrected chi connectivity index (χ3v) is 8.31. The van der Waals surface area contributed by atoms with E-state index in [0.29, 0.717) is 22.5 Å². The van der Waals surface area contributed by atoms with E-state index in [0.717, 1.165) is 0 Å². The first-order valence-corrected chi connectivity index (χ1v) is 16.7. The Morgan fingerprint density at radius 2 is 1.15 bits per heavy atom. The van der Waals surface area contributed by atoms with E-state index in [-0.39, 0.29) is 70.9 Å². The van der Waals surface area contributed by atoms with Gasteiger partial charge in [0.25, 0.3) is 0 Å². The van der Waals surface area contributed by atoms with Crippen LogP contribution in [0.15, 0.2) is 113 Å². The molecule has 2 N–H and O–H groups in total. The number of ether oxygens (including phenoxy) is 4. The van der Waals surface area contributed by atoms with Gasteiger partial charge in [-0.15, -0.1) is 0 Å². The summed E-state index contributed by atoms with van der Waals surface area (Å²) in [5.41, 5.74) is 2.29. The number of carbonyl (C=O) groups excluding carboxylic acids is 4. The van der Waals surface area contributed by atoms with Crippen LogP contribution in [0.5, 0.6) is 23.0 Å². The number of esters is 2. The van der Waals surface area contributed by atoms with Crippen molar-refractivity contribution in [1.29, 1.82) is 0 Å². The van der Waals surface area contributed by atoms with Crippen molar-refractivity contribution >= 4 is 29.2 Å². The molecule has 0 amide bonds. The summed E-state index contributed by atoms with van der Waals surface area (Å²) in [5.74, 6) is -2.62. The Morgan fingerprint density at radius 3 is 1.62 bits per heavy atom. The largest absolute Gasteiger partial charge is 0.507 e. The van der Waals surface area contributed by atoms with Gasteiger partial charge in [-0.05, 0) is 58.4 Å². The van der Waals surface area contributed by atoms with Crippen LogP contribution in [0.25, 0.3) is 0 Å². The van der Waals surface area contributed by atoms with Gasteiger partial charge in [0.2, 0.25) is 0 Å². The molecule has 0 saturated heterocycles. The highest BCUT2D eigenvalue weighted by Gasteiger charge is 2.32. The zero-order chi connectivity index (χ0) is 37.4. The van der Waals surface area contributed by atoms with Gasteiger partial charge in [-0.1, -0.05) is 60.7 Å². The number of carbonyl (C=O) groups is 4. The molecule has 0 aromatic heterocycles. The SMILES string of the molecule is CC1=NC(C)=C(C(=O)OCC(C)Oc2ccc(C(=O)c3ccccc3)c(O)c2)CC1C(=O)OCC(C)Oc1ccc(C(=O)c2ccccc2)c(O)c1. The van der Waals surface area contributed by atoms with Gasteiger partial charge >= 0.3 is 11.9 Å². The number of ketones is 2. The predicted octanol–water partition coefficient (Wildman–Crippen LogP) is 6.64. The highest BCUT2D eigenvalue weighted by atomic mass is 16.6. The molecule has 3 unspecified atom stereocenters. The van der Waals surface area contributed by atoms with Gasteiger partial charge < -0.3 is 29.2 Å². The average Bonchev–Trinajstić information content (AvgIpc) is 3.13. The number of aromatic hydroxyl groups is 2. The number of nitrogens with zero attached hydrogens (tertiary/aromatic N) is 1. The Labute approximate surface area is 301 Å². The second-order valence-corrected chi connectivity index (χ2v) is 12.4. The quantitative estimate of drug-likeness (QED) is 0.108. The van der Waals surface area contributed by atoms with Crippen LogP contribution < -0.4 is 9.47 Å². The van der Waals surface area contributed by atoms with E-state index < -0.39 is 30.1 Å². The summed E-state index contributed by atoms with van der Waals surface area (Å²) in [6.07, 6.45) is -1.19. The molecule has 1 aliphatic heterocycles. The standard InChI is InChI=1S/C41H39NO10/c1-24(51-30-15-17-32(36(43)19-30)38(45)28-11-7-5-8-12-28)22-49-40(47)34-21-35(27(4)42-26(34)3)41(48)50-23-25(2)52-31-16-18-33(37(44)20-31)39(46)29-13-9-6-10-14-29/h5-20,24-25,34,43-44H,21-23H2,1-4H3. The van der Waals surface area contributed by atoms with Crippen molar-refractivity contribution in [2.24, 2.45) is 10.9 Å². The van der Waals surface area contributed by atoms with Crippen LogP contribution in [0.3, 0.4) is 0 Å². The molecule has 4 aromatic rings. The number of aliphatic imine (C=N–C) groups is 1. The number of phenolic OH excluding ortho intramolecular Hbond substituents is 2. The fraction of sp³-hybridized carbons (Fsp3) is 0.244. The van der Waals surface area contributed by atoms with Crippen molar-refractivity contribution in [3.8, 4) is 23.0 Å². The van der Waals surface area contributed by atoms with E-state index in [1.807, 2.05) is 0 Å². The predicted molar refractivity (Wildman–Crippen MR) is 192 cm³/mol. The lowest BCUT2D eigenvalue weighted by molar-refractivity contribution is -0.148. The van der Waals surface area contributed by atoms with Crippen LogP contribution in [-0.4, -0.2) is 64.9 Å². The van der Waals surface area contributed by atoms with Crippen LogP contribution >= 0.6 is 0 Å². The summed E-state index contributed by atoms with van der Waals surface area (Å²) < 4.78 is 22.6. The van der Waals surface area contributed by atoms with Crippen molar-refractivity contribution < 1.29 is 48.3 Å². The van der Waals surface area contributed by atoms with Crippen LogP contribution in [-0.2, 0) is 19.1 Å². The van der Waals surface area contributed by atoms with E-state index in [9.17, 15) is 29.4 Å². The number of allylic oxidation sites excluding steroid dienone is 1. The summed E-state index contributed by atoms with van der Waals surface area (Å²) in [7, 11) is 0. The van der Waals surface area contributed by atoms with E-state index in [2.05, 4.69) is 4.99 Å². The van der Waals surface area contributed by atoms with Crippen LogP contribution in [0.4, 0.5) is 0 Å². The molecule has 0 aliphatic carbocycles. The van der Waals surface area contributed by atoms with Gasteiger partial charge in [0.05, 0.1) is 22.6 Å². The van der Waals surface area contributed by atoms with Crippen LogP contribution in [0.1, 0.15) is 66.0 Å². The van der Waals surface area contributed by atoms with Crippen molar-refractivity contribution in [2.75, 3.05) is 13.2 Å². The van der Waals surface area contributed by atoms with E-state index in [1.165, 1.54) is 24.3 Å². The lowest BCUT2D eigenvalue weighted by Crippen LogP contribution is -2.32. The van der Waals surface area contributed by atoms with Gasteiger partial charge in [0, 0.05) is 34.7 Å². The van der Waals surface area contributed by atoms with Gasteiger partial charge in [-0.3, -0.25) is 19.4 Å². The van der Waals surface area contributed by atoms with Gasteiger partial charge in [-0.25, -0.2) is 4.79 Å². The molecule has 268 valence electrons. The van der Waals surface area contributed by atoms with Gasteiger partial charge in [0.1, 0.15) is 48.4 Å². The molecule has 0 bridgehead atoms. The number of hydrogen-bond acceptors (Lipinski definition) is 11. The molecular formula is C41H39NO10. The maximum Gasteiger partial charge on any atom is 0.336 e. The smallest absolute Gasteiger partial charge is 0.336 e. The number of hydrogen-bond donors (Lipinski definition) is 2. The monoisotopic (exact) mass is 705 g/mol. The summed E-state index contributed by atoms with van der Waals surface area (Å²) >= 11 is 0. The molecule has 11 heteroatoms. The minimum Gasteiger partial charge on any atom is -0.507 e. The number of rotatable bonds is 14. The zero-order valence-electron chi connectivity index (χ0n) is 29.2. The minimum absolute atomic E-state index is 0.0267. The average molecular weight is 706 g/mol. The summed E-state index contributed by atoms with van der Waals surface area (Å²) in [6.45, 7) is 6.45. The molecule has 4 aromatic carbocycles. The van der Waals surface area contributed by atoms with Crippen molar-refractivity contribution in [3.05, 3.63) is 131 Å². The molecule has 1 heterocycles. The molecule has 0 spiro atoms. The molecule has 11 nitrogen and oxygen atoms in total. The van der Waals surface area contributed by atoms with E-state index in [4.69, 9.17) is 18.9 Å². The number of phenols is 2. The van der Waals surface area contributed by atoms with Gasteiger partial charge in [-0.2, -0.15) is 0 Å². The van der Waals surface area contributed by atoms with Crippen LogP contribution in [0, 0.1) is 5.92 Å². The highest BCUT2D eigenvalue weighted by molar-refractivity contribution is 6.11. The van der Waals surface area contributed by atoms with Crippen molar-refractivity contribution in [1.82, 2.24) is 0 Å². The first-order chi connectivity index (χ1) is 24.9. The molecule has 0 radical (unpaired) electrons. The second kappa shape index (κ2) is 16.7. The third kappa shape index (κ3) is 9.11. The Kier molecular flexibility index (Phi) is 11.9. The normalized spacial score (nSPS) is 15.2. The van der Waals surface area contributed by atoms with Gasteiger partial charge in [0.15, 0.2) is 11.6 Å². The van der Waals surface area contributed by atoms with Crippen molar-refractivity contribution in [2.45, 2.75) is 46.3 Å². The summed E-state index contributed by atoms with van der Waals surface area (Å²) in [5, 5.41) is 21.0. The molecule has 0 saturated carbocycles. The van der Waals surface area contributed by atoms with Crippen LogP contribution in [0.2, 0.25) is 0 Å². The highest BCUT2D eigenvalue weighted by Crippen LogP contribution is 2.30. The third-order valence-electron chi connectivity index (χ3n) is 8.31. The fourth-order valence-electron chi connectivity index (χ4n) is 5.55. The Morgan fingerprint density at radius 1 is 0.692 bits per heavy atom. The van der Waals surface area contributed by atoms with E-state index >= 15 is 0 Å². The molecule has 3 atom stereocenters. The maximum absolute atomic E-state index is 13.1. The Balaban J connectivity index is 1.10. The topological polar surface area (TPSA) is 158 Å². The minimum atomic E-state index is -0.820. The van der Waals surface area contributed by atoms with Crippen molar-refractivity contribution in [3.63, 3.8) is 0 Å². The first kappa shape index (κ1) is 37.0. The first-order valence-electron chi connectivity index (χ1n) is 16.7. The van der Waals surface area contributed by atoms with E-state index in [1.54, 1.807) is 100 Å². The molecule has 0 fully saturated rings. The lowest BCUT2D eigenvalue weighted by Gasteiger charge is -2.24. The second-order valence-electron chi connectivity index (χ2n) is 12.4. The maximum atomic E-state index is 13.1.